The Morgan fingerprint density at radius 1 is 1.04 bits per heavy atom. The molecule has 0 N–H and O–H groups in total. The lowest BCUT2D eigenvalue weighted by Crippen LogP contribution is -2.16. The summed E-state index contributed by atoms with van der Waals surface area (Å²) in [6.45, 7) is 1.72. The van der Waals surface area contributed by atoms with Crippen molar-refractivity contribution in [3.8, 4) is 5.75 Å². The van der Waals surface area contributed by atoms with E-state index >= 15 is 0 Å². The van der Waals surface area contributed by atoms with Gasteiger partial charge >= 0.3 is 5.97 Å². The second-order valence-corrected chi connectivity index (χ2v) is 6.41. The highest BCUT2D eigenvalue weighted by Gasteiger charge is 2.16. The molecule has 4 heteroatoms. The third kappa shape index (κ3) is 4.08. The highest BCUT2D eigenvalue weighted by atomic mass is 16.5. The highest BCUT2D eigenvalue weighted by molar-refractivity contribution is 5.98. The van der Waals surface area contributed by atoms with Crippen LogP contribution in [0.2, 0.25) is 0 Å². The Hall–Kier alpha value is -2.62. The monoisotopic (exact) mass is 338 g/mol. The van der Waals surface area contributed by atoms with Gasteiger partial charge in [-0.2, -0.15) is 0 Å². The van der Waals surface area contributed by atoms with E-state index in [2.05, 4.69) is 0 Å². The number of methoxy groups -OCH3 is 1. The van der Waals surface area contributed by atoms with Crippen molar-refractivity contribution in [1.82, 2.24) is 0 Å². The van der Waals surface area contributed by atoms with E-state index in [1.54, 1.807) is 7.11 Å². The van der Waals surface area contributed by atoms with Crippen LogP contribution in [0.4, 0.5) is 0 Å². The molecule has 4 nitrogen and oxygen atoms in total. The SMILES string of the molecule is COc1ccc(C)cc1CC(=O)OCC(=O)c1ccc2c(c1)CCC2. The smallest absolute Gasteiger partial charge is 0.310 e. The summed E-state index contributed by atoms with van der Waals surface area (Å²) in [4.78, 5) is 24.4. The van der Waals surface area contributed by atoms with Gasteiger partial charge < -0.3 is 9.47 Å². The second-order valence-electron chi connectivity index (χ2n) is 6.41. The van der Waals surface area contributed by atoms with Gasteiger partial charge in [-0.05, 0) is 49.4 Å². The van der Waals surface area contributed by atoms with Crippen molar-refractivity contribution in [1.29, 1.82) is 0 Å². The fourth-order valence-electron chi connectivity index (χ4n) is 3.23. The summed E-state index contributed by atoms with van der Waals surface area (Å²) in [5.74, 6) is 0.0464. The number of carbonyl (C=O) groups excluding carboxylic acids is 2. The standard InChI is InChI=1S/C21H22O4/c1-14-6-9-20(24-2)18(10-14)12-21(23)25-13-19(22)17-8-7-15-4-3-5-16(15)11-17/h6-11H,3-5,12-13H2,1-2H3. The first kappa shape index (κ1) is 17.2. The van der Waals surface area contributed by atoms with E-state index < -0.39 is 5.97 Å². The molecule has 0 amide bonds. The van der Waals surface area contributed by atoms with Crippen LogP contribution < -0.4 is 4.74 Å². The first-order valence-corrected chi connectivity index (χ1v) is 8.51. The zero-order chi connectivity index (χ0) is 17.8. The quantitative estimate of drug-likeness (QED) is 0.598. The van der Waals surface area contributed by atoms with E-state index in [1.165, 1.54) is 11.1 Å². The number of esters is 1. The van der Waals surface area contributed by atoms with Crippen molar-refractivity contribution in [2.75, 3.05) is 13.7 Å². The largest absolute Gasteiger partial charge is 0.496 e. The molecule has 0 atom stereocenters. The van der Waals surface area contributed by atoms with Crippen LogP contribution in [0, 0.1) is 6.92 Å². The number of ether oxygens (including phenoxy) is 2. The molecule has 0 radical (unpaired) electrons. The zero-order valence-corrected chi connectivity index (χ0v) is 14.6. The predicted molar refractivity (Wildman–Crippen MR) is 95.2 cm³/mol. The molecular formula is C21H22O4. The highest BCUT2D eigenvalue weighted by Crippen LogP contribution is 2.23. The average Bonchev–Trinajstić information content (AvgIpc) is 3.07. The summed E-state index contributed by atoms with van der Waals surface area (Å²) in [6.07, 6.45) is 3.32. The van der Waals surface area contributed by atoms with E-state index in [-0.39, 0.29) is 18.8 Å². The maximum Gasteiger partial charge on any atom is 0.310 e. The minimum atomic E-state index is -0.432. The third-order valence-corrected chi connectivity index (χ3v) is 4.56. The number of carbonyl (C=O) groups is 2. The molecule has 0 saturated heterocycles. The Morgan fingerprint density at radius 2 is 1.84 bits per heavy atom. The van der Waals surface area contributed by atoms with E-state index in [9.17, 15) is 9.59 Å². The van der Waals surface area contributed by atoms with Crippen LogP contribution in [0.5, 0.6) is 5.75 Å². The van der Waals surface area contributed by atoms with Crippen LogP contribution >= 0.6 is 0 Å². The Labute approximate surface area is 147 Å². The third-order valence-electron chi connectivity index (χ3n) is 4.56. The number of Topliss-reactive ketones (excluding diaryl/α,β-unsaturated/α-hetero) is 1. The van der Waals surface area contributed by atoms with Crippen LogP contribution in [0.25, 0.3) is 0 Å². The van der Waals surface area contributed by atoms with Crippen molar-refractivity contribution in [2.24, 2.45) is 0 Å². The number of hydrogen-bond acceptors (Lipinski definition) is 4. The maximum absolute atomic E-state index is 12.3. The molecule has 3 rings (SSSR count). The van der Waals surface area contributed by atoms with Crippen LogP contribution in [0.1, 0.15) is 39.0 Å². The van der Waals surface area contributed by atoms with Crippen molar-refractivity contribution in [3.05, 3.63) is 64.2 Å². The molecule has 25 heavy (non-hydrogen) atoms. The van der Waals surface area contributed by atoms with Gasteiger partial charge in [-0.1, -0.05) is 29.8 Å². The van der Waals surface area contributed by atoms with Crippen LogP contribution in [0.15, 0.2) is 36.4 Å². The number of aryl methyl sites for hydroxylation is 3. The van der Waals surface area contributed by atoms with Crippen molar-refractivity contribution in [2.45, 2.75) is 32.6 Å². The fraction of sp³-hybridized carbons (Fsp3) is 0.333. The van der Waals surface area contributed by atoms with Gasteiger partial charge in [0.2, 0.25) is 0 Å². The van der Waals surface area contributed by atoms with Crippen molar-refractivity contribution < 1.29 is 19.1 Å². The second kappa shape index (κ2) is 7.51. The Kier molecular flexibility index (Phi) is 5.17. The summed E-state index contributed by atoms with van der Waals surface area (Å²) in [5.41, 5.74) is 4.97. The van der Waals surface area contributed by atoms with Gasteiger partial charge in [0.1, 0.15) is 5.75 Å². The Morgan fingerprint density at radius 3 is 2.64 bits per heavy atom. The number of fused-ring (bicyclic) bond motifs is 1. The number of ketones is 1. The summed E-state index contributed by atoms with van der Waals surface area (Å²) in [7, 11) is 1.57. The van der Waals surface area contributed by atoms with Gasteiger partial charge in [-0.3, -0.25) is 9.59 Å². The molecule has 0 spiro atoms. The lowest BCUT2D eigenvalue weighted by Gasteiger charge is -2.10. The first-order valence-electron chi connectivity index (χ1n) is 8.51. The van der Waals surface area contributed by atoms with Crippen molar-refractivity contribution in [3.63, 3.8) is 0 Å². The summed E-state index contributed by atoms with van der Waals surface area (Å²) in [6, 6.07) is 11.4. The molecule has 130 valence electrons. The molecule has 0 saturated carbocycles. The molecule has 2 aromatic rings. The van der Waals surface area contributed by atoms with Gasteiger partial charge in [0.25, 0.3) is 0 Å². The summed E-state index contributed by atoms with van der Waals surface area (Å²) >= 11 is 0. The fourth-order valence-corrected chi connectivity index (χ4v) is 3.23. The van der Waals surface area contributed by atoms with Crippen LogP contribution in [0.3, 0.4) is 0 Å². The van der Waals surface area contributed by atoms with Gasteiger partial charge in [0, 0.05) is 11.1 Å². The summed E-state index contributed by atoms with van der Waals surface area (Å²) < 4.78 is 10.4. The minimum Gasteiger partial charge on any atom is -0.496 e. The summed E-state index contributed by atoms with van der Waals surface area (Å²) in [5, 5.41) is 0. The molecule has 0 heterocycles. The van der Waals surface area contributed by atoms with Gasteiger partial charge in [-0.15, -0.1) is 0 Å². The van der Waals surface area contributed by atoms with Crippen LogP contribution in [-0.2, 0) is 28.8 Å². The van der Waals surface area contributed by atoms with E-state index in [1.807, 2.05) is 43.3 Å². The van der Waals surface area contributed by atoms with E-state index in [4.69, 9.17) is 9.47 Å². The number of benzene rings is 2. The molecule has 2 aromatic carbocycles. The van der Waals surface area contributed by atoms with Gasteiger partial charge in [0.05, 0.1) is 13.5 Å². The molecule has 0 aromatic heterocycles. The molecule has 0 unspecified atom stereocenters. The first-order chi connectivity index (χ1) is 12.1. The molecular weight excluding hydrogens is 316 g/mol. The number of rotatable bonds is 6. The molecule has 0 bridgehead atoms. The zero-order valence-electron chi connectivity index (χ0n) is 14.6. The molecule has 1 aliphatic rings. The molecule has 1 aliphatic carbocycles. The van der Waals surface area contributed by atoms with Gasteiger partial charge in [-0.25, -0.2) is 0 Å². The van der Waals surface area contributed by atoms with E-state index in [0.717, 1.165) is 30.4 Å². The molecule has 0 aliphatic heterocycles. The lowest BCUT2D eigenvalue weighted by molar-refractivity contribution is -0.141. The molecule has 0 fully saturated rings. The maximum atomic E-state index is 12.3. The Balaban J connectivity index is 1.59. The van der Waals surface area contributed by atoms with Gasteiger partial charge in [0.15, 0.2) is 12.4 Å². The minimum absolute atomic E-state index is 0.0856. The number of hydrogen-bond donors (Lipinski definition) is 0. The van der Waals surface area contributed by atoms with E-state index in [0.29, 0.717) is 11.3 Å². The van der Waals surface area contributed by atoms with Crippen molar-refractivity contribution >= 4 is 11.8 Å². The lowest BCUT2D eigenvalue weighted by atomic mass is 10.0. The Bertz CT molecular complexity index is 808. The predicted octanol–water partition coefficient (Wildman–Crippen LogP) is 3.46. The average molecular weight is 338 g/mol. The topological polar surface area (TPSA) is 52.6 Å². The van der Waals surface area contributed by atoms with Crippen LogP contribution in [-0.4, -0.2) is 25.5 Å². The normalized spacial score (nSPS) is 12.6.